The lowest BCUT2D eigenvalue weighted by atomic mass is 10.2. The van der Waals surface area contributed by atoms with E-state index in [1.165, 1.54) is 36.5 Å². The van der Waals surface area contributed by atoms with Gasteiger partial charge in [-0.2, -0.15) is 9.97 Å². The minimum Gasteiger partial charge on any atom is -0.481 e. The number of aromatic nitrogens is 4. The van der Waals surface area contributed by atoms with E-state index in [2.05, 4.69) is 19.9 Å². The summed E-state index contributed by atoms with van der Waals surface area (Å²) in [5.41, 5.74) is 1.60. The van der Waals surface area contributed by atoms with E-state index in [-0.39, 0.29) is 30.0 Å². The number of rotatable bonds is 6. The quantitative estimate of drug-likeness (QED) is 0.446. The minimum atomic E-state index is -0.381. The maximum absolute atomic E-state index is 13.5. The molecule has 0 atom stereocenters. The van der Waals surface area contributed by atoms with Gasteiger partial charge in [-0.15, -0.1) is 0 Å². The molecule has 10 heteroatoms. The second-order valence-electron chi connectivity index (χ2n) is 6.12. The molecule has 8 nitrogen and oxygen atoms in total. The molecule has 0 radical (unpaired) electrons. The molecular weight excluding hydrogens is 426 g/mol. The van der Waals surface area contributed by atoms with Crippen molar-refractivity contribution >= 4 is 44.2 Å². The van der Waals surface area contributed by atoms with Gasteiger partial charge in [-0.05, 0) is 23.8 Å². The summed E-state index contributed by atoms with van der Waals surface area (Å²) in [6.07, 6.45) is 3.37. The Labute approximate surface area is 181 Å². The van der Waals surface area contributed by atoms with Crippen LogP contribution in [0.2, 0.25) is 5.02 Å². The van der Waals surface area contributed by atoms with Crippen LogP contribution in [-0.4, -0.2) is 40.1 Å². The average Bonchev–Trinajstić information content (AvgIpc) is 3.22. The van der Waals surface area contributed by atoms with Crippen LogP contribution in [0.15, 0.2) is 48.8 Å². The van der Waals surface area contributed by atoms with Gasteiger partial charge in [-0.3, -0.25) is 14.7 Å². The third kappa shape index (κ3) is 4.03. The van der Waals surface area contributed by atoms with Crippen molar-refractivity contribution in [2.45, 2.75) is 6.54 Å². The topological polar surface area (TPSA) is 90.3 Å². The number of carbonyl (C=O) groups excluding carboxylic acids is 1. The van der Waals surface area contributed by atoms with Crippen LogP contribution >= 0.6 is 22.9 Å². The van der Waals surface area contributed by atoms with Crippen LogP contribution in [0.1, 0.15) is 16.1 Å². The second-order valence-corrected chi connectivity index (χ2v) is 7.53. The number of hydrogen-bond acceptors (Lipinski definition) is 8. The van der Waals surface area contributed by atoms with Crippen molar-refractivity contribution in [3.63, 3.8) is 0 Å². The van der Waals surface area contributed by atoms with Gasteiger partial charge in [0, 0.05) is 18.5 Å². The Morgan fingerprint density at radius 1 is 1.13 bits per heavy atom. The van der Waals surface area contributed by atoms with Gasteiger partial charge in [0.25, 0.3) is 5.91 Å². The number of halogens is 1. The predicted molar refractivity (Wildman–Crippen MR) is 115 cm³/mol. The molecule has 0 spiro atoms. The summed E-state index contributed by atoms with van der Waals surface area (Å²) in [6.45, 7) is 0.249. The zero-order valence-corrected chi connectivity index (χ0v) is 17.6. The van der Waals surface area contributed by atoms with E-state index in [0.29, 0.717) is 15.7 Å². The fourth-order valence-corrected chi connectivity index (χ4v) is 4.03. The number of para-hydroxylation sites is 1. The average molecular weight is 442 g/mol. The molecule has 152 valence electrons. The fraction of sp³-hybridized carbons (Fsp3) is 0.150. The normalized spacial score (nSPS) is 10.8. The number of pyridine rings is 1. The van der Waals surface area contributed by atoms with Crippen LogP contribution in [0.3, 0.4) is 0 Å². The first-order valence-corrected chi connectivity index (χ1v) is 10.0. The number of carbonyl (C=O) groups is 1. The van der Waals surface area contributed by atoms with Gasteiger partial charge in [-0.1, -0.05) is 35.1 Å². The van der Waals surface area contributed by atoms with Gasteiger partial charge < -0.3 is 9.47 Å². The van der Waals surface area contributed by atoms with Crippen molar-refractivity contribution in [2.75, 3.05) is 19.1 Å². The third-order valence-corrected chi connectivity index (χ3v) is 5.54. The van der Waals surface area contributed by atoms with Crippen molar-refractivity contribution in [3.05, 3.63) is 65.1 Å². The molecule has 0 saturated heterocycles. The van der Waals surface area contributed by atoms with Crippen molar-refractivity contribution in [2.24, 2.45) is 0 Å². The number of anilines is 1. The summed E-state index contributed by atoms with van der Waals surface area (Å²) in [5.74, 6) is -0.160. The maximum Gasteiger partial charge on any atom is 0.320 e. The molecule has 0 aliphatic heterocycles. The zero-order valence-electron chi connectivity index (χ0n) is 16.1. The molecule has 1 amide bonds. The van der Waals surface area contributed by atoms with E-state index in [4.69, 9.17) is 21.1 Å². The molecule has 0 unspecified atom stereocenters. The lowest BCUT2D eigenvalue weighted by molar-refractivity contribution is 0.0978. The smallest absolute Gasteiger partial charge is 0.320 e. The summed E-state index contributed by atoms with van der Waals surface area (Å²) < 4.78 is 11.1. The van der Waals surface area contributed by atoms with Crippen LogP contribution in [0, 0.1) is 0 Å². The molecule has 30 heavy (non-hydrogen) atoms. The molecule has 3 heterocycles. The number of benzene rings is 1. The molecule has 0 aliphatic carbocycles. The number of methoxy groups -OCH3 is 2. The Bertz CT molecular complexity index is 1180. The van der Waals surface area contributed by atoms with Gasteiger partial charge in [0.1, 0.15) is 11.2 Å². The highest BCUT2D eigenvalue weighted by Gasteiger charge is 2.25. The van der Waals surface area contributed by atoms with Crippen molar-refractivity contribution in [1.82, 2.24) is 19.9 Å². The van der Waals surface area contributed by atoms with Gasteiger partial charge in [0.05, 0.1) is 30.5 Å². The number of amides is 1. The maximum atomic E-state index is 13.5. The summed E-state index contributed by atoms with van der Waals surface area (Å²) in [5, 5.41) is 1.01. The number of ether oxygens (including phenoxy) is 2. The molecule has 0 aliphatic rings. The largest absolute Gasteiger partial charge is 0.481 e. The molecule has 3 aromatic heterocycles. The first kappa shape index (κ1) is 20.0. The van der Waals surface area contributed by atoms with E-state index >= 15 is 0 Å². The van der Waals surface area contributed by atoms with Crippen LogP contribution in [0.4, 0.5) is 5.13 Å². The monoisotopic (exact) mass is 441 g/mol. The van der Waals surface area contributed by atoms with Crippen LogP contribution < -0.4 is 14.4 Å². The van der Waals surface area contributed by atoms with Crippen molar-refractivity contribution in [3.8, 4) is 11.9 Å². The molecule has 0 saturated carbocycles. The summed E-state index contributed by atoms with van der Waals surface area (Å²) in [7, 11) is 2.88. The van der Waals surface area contributed by atoms with Crippen molar-refractivity contribution in [1.29, 1.82) is 0 Å². The molecule has 0 N–H and O–H groups in total. The minimum absolute atomic E-state index is 0.0337. The Hall–Kier alpha value is -3.30. The summed E-state index contributed by atoms with van der Waals surface area (Å²) >= 11 is 7.65. The van der Waals surface area contributed by atoms with Gasteiger partial charge in [0.15, 0.2) is 5.13 Å². The molecule has 0 fully saturated rings. The Morgan fingerprint density at radius 3 is 2.70 bits per heavy atom. The number of thiazole rings is 1. The molecule has 0 bridgehead atoms. The fourth-order valence-electron chi connectivity index (χ4n) is 2.77. The lowest BCUT2D eigenvalue weighted by Gasteiger charge is -2.19. The highest BCUT2D eigenvalue weighted by atomic mass is 35.5. The number of hydrogen-bond donors (Lipinski definition) is 0. The zero-order chi connectivity index (χ0) is 21.1. The molecule has 1 aromatic carbocycles. The van der Waals surface area contributed by atoms with Crippen LogP contribution in [0.25, 0.3) is 10.2 Å². The summed E-state index contributed by atoms with van der Waals surface area (Å²) in [4.78, 5) is 32.0. The highest BCUT2D eigenvalue weighted by molar-refractivity contribution is 7.22. The SMILES string of the molecule is COc1cc(C(=O)N(Cc2cccnc2)c2nc3c(Cl)cccc3s2)nc(OC)n1. The first-order chi connectivity index (χ1) is 14.6. The molecule has 4 aromatic rings. The standard InChI is InChI=1S/C20H16ClN5O3S/c1-28-16-9-14(23-19(24-16)29-2)18(27)26(11-12-5-4-8-22-10-12)20-25-17-13(21)6-3-7-15(17)30-20/h3-10H,11H2,1-2H3. The predicted octanol–water partition coefficient (Wildman–Crippen LogP) is 4.00. The van der Waals surface area contributed by atoms with Crippen molar-refractivity contribution < 1.29 is 14.3 Å². The van der Waals surface area contributed by atoms with E-state index in [0.717, 1.165) is 10.3 Å². The third-order valence-electron chi connectivity index (χ3n) is 4.19. The van der Waals surface area contributed by atoms with E-state index < -0.39 is 0 Å². The van der Waals surface area contributed by atoms with E-state index in [1.54, 1.807) is 18.5 Å². The van der Waals surface area contributed by atoms with Crippen LogP contribution in [0.5, 0.6) is 11.9 Å². The Balaban J connectivity index is 1.80. The first-order valence-electron chi connectivity index (χ1n) is 8.82. The molecular formula is C20H16ClN5O3S. The molecule has 4 rings (SSSR count). The van der Waals surface area contributed by atoms with Gasteiger partial charge in [0.2, 0.25) is 5.88 Å². The second kappa shape index (κ2) is 8.60. The number of nitrogens with zero attached hydrogens (tertiary/aromatic N) is 5. The van der Waals surface area contributed by atoms with Gasteiger partial charge >= 0.3 is 6.01 Å². The number of fused-ring (bicyclic) bond motifs is 1. The van der Waals surface area contributed by atoms with E-state index in [1.807, 2.05) is 24.3 Å². The Morgan fingerprint density at radius 2 is 2.00 bits per heavy atom. The summed E-state index contributed by atoms with van der Waals surface area (Å²) in [6, 6.07) is 10.7. The van der Waals surface area contributed by atoms with Gasteiger partial charge in [-0.25, -0.2) is 4.98 Å². The Kier molecular flexibility index (Phi) is 5.73. The van der Waals surface area contributed by atoms with Crippen LogP contribution in [-0.2, 0) is 6.54 Å². The van der Waals surface area contributed by atoms with E-state index in [9.17, 15) is 4.79 Å². The lowest BCUT2D eigenvalue weighted by Crippen LogP contribution is -2.31. The highest BCUT2D eigenvalue weighted by Crippen LogP contribution is 2.34.